The summed E-state index contributed by atoms with van der Waals surface area (Å²) in [4.78, 5) is 14.2. The minimum atomic E-state index is -0.775. The Morgan fingerprint density at radius 2 is 2.04 bits per heavy atom. The van der Waals surface area contributed by atoms with Gasteiger partial charge < -0.3 is 24.1 Å². The van der Waals surface area contributed by atoms with Crippen molar-refractivity contribution in [2.45, 2.75) is 65.0 Å². The molecule has 1 saturated heterocycles. The summed E-state index contributed by atoms with van der Waals surface area (Å²) in [6, 6.07) is -0.256. The van der Waals surface area contributed by atoms with Crippen LogP contribution < -0.4 is 0 Å². The zero-order chi connectivity index (χ0) is 17.8. The maximum absolute atomic E-state index is 12.6. The van der Waals surface area contributed by atoms with Crippen LogP contribution in [0.15, 0.2) is 0 Å². The van der Waals surface area contributed by atoms with E-state index in [9.17, 15) is 9.90 Å². The third kappa shape index (κ3) is 5.31. The fourth-order valence-electron chi connectivity index (χ4n) is 2.66. The molecule has 1 N–H and O–H groups in total. The monoisotopic (exact) mass is 333 g/mol. The number of hydrogen-bond donors (Lipinski definition) is 1. The minimum absolute atomic E-state index is 0.0823. The molecule has 0 aromatic rings. The first-order valence-electron chi connectivity index (χ1n) is 7.91. The highest BCUT2D eigenvalue weighted by Gasteiger charge is 2.49. The van der Waals surface area contributed by atoms with Crippen molar-refractivity contribution in [2.24, 2.45) is 5.92 Å². The van der Waals surface area contributed by atoms with Crippen LogP contribution in [0.25, 0.3) is 0 Å². The Hall–Kier alpha value is -0.890. The minimum Gasteiger partial charge on any atom is -0.444 e. The van der Waals surface area contributed by atoms with E-state index in [4.69, 9.17) is 18.9 Å². The molecule has 0 aromatic heterocycles. The second-order valence-electron chi connectivity index (χ2n) is 7.33. The lowest BCUT2D eigenvalue weighted by Gasteiger charge is -2.38. The van der Waals surface area contributed by atoms with Gasteiger partial charge in [0.1, 0.15) is 18.1 Å². The van der Waals surface area contributed by atoms with Crippen LogP contribution in [0.5, 0.6) is 0 Å². The zero-order valence-corrected chi connectivity index (χ0v) is 15.3. The number of methoxy groups -OCH3 is 1. The van der Waals surface area contributed by atoms with Gasteiger partial charge in [-0.1, -0.05) is 6.92 Å². The van der Waals surface area contributed by atoms with Gasteiger partial charge in [0, 0.05) is 13.0 Å². The van der Waals surface area contributed by atoms with Gasteiger partial charge in [-0.25, -0.2) is 4.79 Å². The van der Waals surface area contributed by atoms with Crippen molar-refractivity contribution in [3.63, 3.8) is 0 Å². The number of nitrogens with zero attached hydrogens (tertiary/aromatic N) is 1. The maximum Gasteiger partial charge on any atom is 0.412 e. The van der Waals surface area contributed by atoms with E-state index in [1.165, 1.54) is 7.11 Å². The molecule has 23 heavy (non-hydrogen) atoms. The highest BCUT2D eigenvalue weighted by molar-refractivity contribution is 5.69. The normalized spacial score (nSPS) is 23.7. The van der Waals surface area contributed by atoms with Gasteiger partial charge in [0.2, 0.25) is 0 Å². The number of amides is 1. The zero-order valence-electron chi connectivity index (χ0n) is 15.3. The fourth-order valence-corrected chi connectivity index (χ4v) is 2.66. The van der Waals surface area contributed by atoms with Gasteiger partial charge in [0.25, 0.3) is 0 Å². The second kappa shape index (κ2) is 7.79. The van der Waals surface area contributed by atoms with Crippen LogP contribution in [0.3, 0.4) is 0 Å². The molecule has 1 fully saturated rings. The van der Waals surface area contributed by atoms with Gasteiger partial charge in [-0.2, -0.15) is 0 Å². The van der Waals surface area contributed by atoms with Crippen molar-refractivity contribution < 1.29 is 28.8 Å². The van der Waals surface area contributed by atoms with Crippen molar-refractivity contribution in [1.29, 1.82) is 0 Å². The number of ether oxygens (including phenoxy) is 4. The molecule has 0 radical (unpaired) electrons. The summed E-state index contributed by atoms with van der Waals surface area (Å²) in [5, 5.41) is 9.57. The second-order valence-corrected chi connectivity index (χ2v) is 7.33. The fraction of sp³-hybridized carbons (Fsp3) is 0.938. The molecule has 0 aromatic carbocycles. The summed E-state index contributed by atoms with van der Waals surface area (Å²) in [6.45, 7) is 11.3. The van der Waals surface area contributed by atoms with Gasteiger partial charge in [0.15, 0.2) is 0 Å². The summed E-state index contributed by atoms with van der Waals surface area (Å²) in [5.74, 6) is -0.149. The molecule has 1 aliphatic heterocycles. The van der Waals surface area contributed by atoms with Crippen LogP contribution in [0.4, 0.5) is 4.79 Å². The van der Waals surface area contributed by atoms with Crippen LogP contribution in [0, 0.1) is 5.92 Å². The summed E-state index contributed by atoms with van der Waals surface area (Å²) in [5.41, 5.74) is -1.37. The first-order chi connectivity index (χ1) is 10.5. The quantitative estimate of drug-likeness (QED) is 0.749. The lowest BCUT2D eigenvalue weighted by molar-refractivity contribution is -0.116. The molecule has 136 valence electrons. The summed E-state index contributed by atoms with van der Waals surface area (Å²) in [6.07, 6.45) is -0.886. The third-order valence-corrected chi connectivity index (χ3v) is 3.88. The van der Waals surface area contributed by atoms with E-state index in [1.54, 1.807) is 4.90 Å². The van der Waals surface area contributed by atoms with Crippen molar-refractivity contribution in [1.82, 2.24) is 4.90 Å². The Kier molecular flexibility index (Phi) is 6.82. The molecule has 7 heteroatoms. The maximum atomic E-state index is 12.6. The predicted molar refractivity (Wildman–Crippen MR) is 84.9 cm³/mol. The highest BCUT2D eigenvalue weighted by Crippen LogP contribution is 2.34. The number of aliphatic hydroxyl groups is 1. The van der Waals surface area contributed by atoms with Crippen LogP contribution in [0.2, 0.25) is 0 Å². The van der Waals surface area contributed by atoms with Crippen LogP contribution in [0.1, 0.15) is 41.5 Å². The van der Waals surface area contributed by atoms with E-state index in [1.807, 2.05) is 41.5 Å². The Labute approximate surface area is 138 Å². The Morgan fingerprint density at radius 1 is 1.43 bits per heavy atom. The Balaban J connectivity index is 2.92. The van der Waals surface area contributed by atoms with E-state index >= 15 is 0 Å². The molecule has 1 heterocycles. The van der Waals surface area contributed by atoms with Crippen molar-refractivity contribution in [3.8, 4) is 0 Å². The molecule has 0 saturated carbocycles. The van der Waals surface area contributed by atoms with Crippen LogP contribution >= 0.6 is 0 Å². The van der Waals surface area contributed by atoms with Gasteiger partial charge in [0.05, 0.1) is 25.4 Å². The van der Waals surface area contributed by atoms with Gasteiger partial charge in [-0.05, 0) is 34.6 Å². The summed E-state index contributed by atoms with van der Waals surface area (Å²) >= 11 is 0. The Morgan fingerprint density at radius 3 is 2.52 bits per heavy atom. The molecule has 0 spiro atoms. The van der Waals surface area contributed by atoms with Crippen LogP contribution in [-0.4, -0.2) is 66.7 Å². The van der Waals surface area contributed by atoms with E-state index in [2.05, 4.69) is 0 Å². The number of rotatable bonds is 6. The van der Waals surface area contributed by atoms with Crippen molar-refractivity contribution in [3.05, 3.63) is 0 Å². The molecule has 0 aliphatic carbocycles. The molecular weight excluding hydrogens is 302 g/mol. The number of carbonyl (C=O) groups excluding carboxylic acids is 1. The number of hydrogen-bond acceptors (Lipinski definition) is 6. The average molecular weight is 333 g/mol. The molecule has 1 aliphatic rings. The molecule has 7 nitrogen and oxygen atoms in total. The molecule has 0 bridgehead atoms. The van der Waals surface area contributed by atoms with Crippen LogP contribution in [-0.2, 0) is 18.9 Å². The number of carbonyl (C=O) groups is 1. The first-order valence-corrected chi connectivity index (χ1v) is 7.91. The molecule has 1 amide bonds. The standard InChI is InChI=1S/C16H31NO6/c1-11(13(8-18)21-10-20-7)12-9-22-16(5,6)17(12)14(19)23-15(2,3)4/h11-13,18H,8-10H2,1-7H3/t11-,12+,13-/m1/s1. The van der Waals surface area contributed by atoms with E-state index in [0.29, 0.717) is 6.61 Å². The third-order valence-electron chi connectivity index (χ3n) is 3.88. The number of aliphatic hydroxyl groups excluding tert-OH is 1. The highest BCUT2D eigenvalue weighted by atomic mass is 16.7. The largest absolute Gasteiger partial charge is 0.444 e. The predicted octanol–water partition coefficient (Wildman–Crippen LogP) is 1.98. The summed E-state index contributed by atoms with van der Waals surface area (Å²) < 4.78 is 21.7. The Bertz CT molecular complexity index is 393. The first kappa shape index (κ1) is 20.2. The van der Waals surface area contributed by atoms with E-state index in [0.717, 1.165) is 0 Å². The van der Waals surface area contributed by atoms with Crippen molar-refractivity contribution in [2.75, 3.05) is 27.1 Å². The van der Waals surface area contributed by atoms with Gasteiger partial charge in [-0.3, -0.25) is 4.90 Å². The lowest BCUT2D eigenvalue weighted by Crippen LogP contribution is -2.53. The van der Waals surface area contributed by atoms with E-state index < -0.39 is 23.5 Å². The van der Waals surface area contributed by atoms with Gasteiger partial charge in [-0.15, -0.1) is 0 Å². The van der Waals surface area contributed by atoms with E-state index in [-0.39, 0.29) is 25.4 Å². The van der Waals surface area contributed by atoms with Gasteiger partial charge >= 0.3 is 6.09 Å². The molecular formula is C16H31NO6. The smallest absolute Gasteiger partial charge is 0.412 e. The lowest BCUT2D eigenvalue weighted by atomic mass is 9.95. The molecule has 0 unspecified atom stereocenters. The van der Waals surface area contributed by atoms with Crippen molar-refractivity contribution >= 4 is 6.09 Å². The summed E-state index contributed by atoms with van der Waals surface area (Å²) in [7, 11) is 1.52. The topological polar surface area (TPSA) is 77.5 Å². The average Bonchev–Trinajstić information content (AvgIpc) is 2.73. The molecule has 3 atom stereocenters. The SMILES string of the molecule is COCO[C@H](CO)[C@H](C)[C@@H]1COC(C)(C)N1C(=O)OC(C)(C)C. The molecule has 1 rings (SSSR count).